The predicted octanol–water partition coefficient (Wildman–Crippen LogP) is 0.211. The van der Waals surface area contributed by atoms with Crippen molar-refractivity contribution in [3.63, 3.8) is 0 Å². The molecule has 0 radical (unpaired) electrons. The van der Waals surface area contributed by atoms with Crippen LogP contribution in [0.3, 0.4) is 0 Å². The van der Waals surface area contributed by atoms with Crippen molar-refractivity contribution >= 4 is 5.91 Å². The third kappa shape index (κ3) is 3.46. The molecule has 110 valence electrons. The first-order valence-electron chi connectivity index (χ1n) is 7.29. The largest absolute Gasteiger partial charge is 0.381 e. The third-order valence-electron chi connectivity index (χ3n) is 4.60. The van der Waals surface area contributed by atoms with Gasteiger partial charge in [0.25, 0.3) is 0 Å². The lowest BCUT2D eigenvalue weighted by Gasteiger charge is -2.51. The van der Waals surface area contributed by atoms with Gasteiger partial charge in [0.05, 0.1) is 12.6 Å². The van der Waals surface area contributed by atoms with Crippen LogP contribution < -0.4 is 10.6 Å². The smallest absolute Gasteiger partial charge is 0.234 e. The summed E-state index contributed by atoms with van der Waals surface area (Å²) in [5, 5.41) is 6.51. The van der Waals surface area contributed by atoms with E-state index >= 15 is 0 Å². The maximum Gasteiger partial charge on any atom is 0.234 e. The number of carbonyl (C=O) groups is 1. The van der Waals surface area contributed by atoms with Crippen molar-refractivity contribution < 1.29 is 9.53 Å². The Hall–Kier alpha value is -0.650. The number of carbonyl (C=O) groups excluding carboxylic acids is 1. The van der Waals surface area contributed by atoms with E-state index in [-0.39, 0.29) is 23.5 Å². The van der Waals surface area contributed by atoms with E-state index in [9.17, 15) is 4.79 Å². The number of amides is 1. The van der Waals surface area contributed by atoms with Gasteiger partial charge in [-0.05, 0) is 25.9 Å². The zero-order valence-electron chi connectivity index (χ0n) is 12.4. The molecule has 5 nitrogen and oxygen atoms in total. The molecule has 2 atom stereocenters. The molecule has 0 bridgehead atoms. The Balaban J connectivity index is 1.75. The second kappa shape index (κ2) is 6.20. The van der Waals surface area contributed by atoms with Gasteiger partial charge < -0.3 is 15.4 Å². The SMILES string of the molecule is COC1CC(NC(=O)CN2CCCNCC2)C1(C)C. The molecule has 19 heavy (non-hydrogen) atoms. The van der Waals surface area contributed by atoms with Crippen LogP contribution in [0.15, 0.2) is 0 Å². The molecule has 2 rings (SSSR count). The van der Waals surface area contributed by atoms with Gasteiger partial charge in [0.15, 0.2) is 0 Å². The molecule has 1 saturated heterocycles. The molecule has 0 spiro atoms. The van der Waals surface area contributed by atoms with Gasteiger partial charge in [-0.2, -0.15) is 0 Å². The van der Waals surface area contributed by atoms with Crippen LogP contribution >= 0.6 is 0 Å². The van der Waals surface area contributed by atoms with Gasteiger partial charge in [-0.3, -0.25) is 9.69 Å². The molecule has 1 amide bonds. The molecule has 2 aliphatic rings. The summed E-state index contributed by atoms with van der Waals surface area (Å²) < 4.78 is 5.41. The number of ether oxygens (including phenoxy) is 1. The minimum Gasteiger partial charge on any atom is -0.381 e. The third-order valence-corrected chi connectivity index (χ3v) is 4.60. The van der Waals surface area contributed by atoms with Crippen LogP contribution in [-0.2, 0) is 9.53 Å². The summed E-state index contributed by atoms with van der Waals surface area (Å²) >= 11 is 0. The predicted molar refractivity (Wildman–Crippen MR) is 75.1 cm³/mol. The van der Waals surface area contributed by atoms with Crippen molar-refractivity contribution in [1.82, 2.24) is 15.5 Å². The summed E-state index contributed by atoms with van der Waals surface area (Å²) in [6, 6.07) is 0.245. The summed E-state index contributed by atoms with van der Waals surface area (Å²) in [6.45, 7) is 8.84. The second-order valence-electron chi connectivity index (χ2n) is 6.28. The van der Waals surface area contributed by atoms with Crippen LogP contribution in [0.5, 0.6) is 0 Å². The van der Waals surface area contributed by atoms with Gasteiger partial charge in [0, 0.05) is 31.7 Å². The van der Waals surface area contributed by atoms with Crippen molar-refractivity contribution in [3.05, 3.63) is 0 Å². The van der Waals surface area contributed by atoms with Gasteiger partial charge in [0.1, 0.15) is 0 Å². The Bertz CT molecular complexity index is 312. The number of methoxy groups -OCH3 is 1. The van der Waals surface area contributed by atoms with E-state index in [0.29, 0.717) is 6.54 Å². The Labute approximate surface area is 116 Å². The summed E-state index contributed by atoms with van der Waals surface area (Å²) in [4.78, 5) is 14.3. The highest BCUT2D eigenvalue weighted by molar-refractivity contribution is 5.78. The number of hydrogen-bond acceptors (Lipinski definition) is 4. The van der Waals surface area contributed by atoms with E-state index in [1.165, 1.54) is 0 Å². The van der Waals surface area contributed by atoms with Crippen molar-refractivity contribution in [2.75, 3.05) is 39.8 Å². The quantitative estimate of drug-likeness (QED) is 0.766. The molecule has 2 unspecified atom stereocenters. The van der Waals surface area contributed by atoms with E-state index in [4.69, 9.17) is 4.74 Å². The molecule has 0 aromatic rings. The zero-order valence-corrected chi connectivity index (χ0v) is 12.4. The second-order valence-corrected chi connectivity index (χ2v) is 6.28. The van der Waals surface area contributed by atoms with Gasteiger partial charge in [-0.25, -0.2) is 0 Å². The minimum atomic E-state index is 0.0464. The lowest BCUT2D eigenvalue weighted by Crippen LogP contribution is -2.62. The molecule has 1 aliphatic carbocycles. The summed E-state index contributed by atoms with van der Waals surface area (Å²) in [5.41, 5.74) is 0.0464. The van der Waals surface area contributed by atoms with Crippen LogP contribution in [0.25, 0.3) is 0 Å². The Morgan fingerprint density at radius 1 is 1.42 bits per heavy atom. The van der Waals surface area contributed by atoms with Gasteiger partial charge in [-0.1, -0.05) is 13.8 Å². The number of nitrogens with zero attached hydrogens (tertiary/aromatic N) is 1. The number of nitrogens with one attached hydrogen (secondary N) is 2. The summed E-state index contributed by atoms with van der Waals surface area (Å²) in [5.74, 6) is 0.148. The number of rotatable bonds is 4. The fourth-order valence-electron chi connectivity index (χ4n) is 3.03. The first-order valence-corrected chi connectivity index (χ1v) is 7.29. The average Bonchev–Trinajstić information content (AvgIpc) is 2.62. The highest BCUT2D eigenvalue weighted by Gasteiger charge is 2.49. The zero-order chi connectivity index (χ0) is 13.9. The lowest BCUT2D eigenvalue weighted by atomic mass is 9.64. The maximum atomic E-state index is 12.1. The van der Waals surface area contributed by atoms with Gasteiger partial charge in [-0.15, -0.1) is 0 Å². The Kier molecular flexibility index (Phi) is 4.81. The highest BCUT2D eigenvalue weighted by Crippen LogP contribution is 2.42. The molecule has 1 aliphatic heterocycles. The Morgan fingerprint density at radius 2 is 2.21 bits per heavy atom. The normalized spacial score (nSPS) is 31.3. The van der Waals surface area contributed by atoms with Crippen molar-refractivity contribution in [1.29, 1.82) is 0 Å². The van der Waals surface area contributed by atoms with E-state index < -0.39 is 0 Å². The first kappa shape index (κ1) is 14.8. The molecule has 0 aromatic carbocycles. The highest BCUT2D eigenvalue weighted by atomic mass is 16.5. The molecular weight excluding hydrogens is 242 g/mol. The van der Waals surface area contributed by atoms with E-state index in [1.807, 2.05) is 0 Å². The van der Waals surface area contributed by atoms with Crippen molar-refractivity contribution in [2.45, 2.75) is 38.8 Å². The molecule has 1 saturated carbocycles. The standard InChI is InChI=1S/C14H27N3O2/c1-14(2)11(9-12(14)19-3)16-13(18)10-17-7-4-5-15-6-8-17/h11-12,15H,4-10H2,1-3H3,(H,16,18). The summed E-state index contributed by atoms with van der Waals surface area (Å²) in [6.07, 6.45) is 2.31. The molecule has 2 N–H and O–H groups in total. The monoisotopic (exact) mass is 269 g/mol. The van der Waals surface area contributed by atoms with Gasteiger partial charge in [0.2, 0.25) is 5.91 Å². The van der Waals surface area contributed by atoms with E-state index in [2.05, 4.69) is 29.4 Å². The van der Waals surface area contributed by atoms with E-state index in [0.717, 1.165) is 39.0 Å². The minimum absolute atomic E-state index is 0.0464. The molecular formula is C14H27N3O2. The molecule has 5 heteroatoms. The average molecular weight is 269 g/mol. The maximum absolute atomic E-state index is 12.1. The van der Waals surface area contributed by atoms with Crippen LogP contribution in [0.1, 0.15) is 26.7 Å². The lowest BCUT2D eigenvalue weighted by molar-refractivity contribution is -0.133. The van der Waals surface area contributed by atoms with Crippen LogP contribution in [0, 0.1) is 5.41 Å². The van der Waals surface area contributed by atoms with Gasteiger partial charge >= 0.3 is 0 Å². The molecule has 0 aromatic heterocycles. The summed E-state index contributed by atoms with van der Waals surface area (Å²) in [7, 11) is 1.74. The fraction of sp³-hybridized carbons (Fsp3) is 0.929. The number of hydrogen-bond donors (Lipinski definition) is 2. The Morgan fingerprint density at radius 3 is 2.89 bits per heavy atom. The fourth-order valence-corrected chi connectivity index (χ4v) is 3.03. The van der Waals surface area contributed by atoms with Crippen LogP contribution in [0.4, 0.5) is 0 Å². The topological polar surface area (TPSA) is 53.6 Å². The first-order chi connectivity index (χ1) is 9.04. The van der Waals surface area contributed by atoms with Crippen LogP contribution in [0.2, 0.25) is 0 Å². The van der Waals surface area contributed by atoms with E-state index in [1.54, 1.807) is 7.11 Å². The van der Waals surface area contributed by atoms with Crippen molar-refractivity contribution in [3.8, 4) is 0 Å². The van der Waals surface area contributed by atoms with Crippen LogP contribution in [-0.4, -0.2) is 62.8 Å². The van der Waals surface area contributed by atoms with Crippen molar-refractivity contribution in [2.24, 2.45) is 5.41 Å². The molecule has 1 heterocycles. The molecule has 2 fully saturated rings.